The van der Waals surface area contributed by atoms with Gasteiger partial charge in [0.1, 0.15) is 5.82 Å². The molecule has 0 radical (unpaired) electrons. The van der Waals surface area contributed by atoms with E-state index in [-0.39, 0.29) is 29.9 Å². The highest BCUT2D eigenvalue weighted by Crippen LogP contribution is 2.31. The largest absolute Gasteiger partial charge is 0.376 e. The Labute approximate surface area is 159 Å². The maximum Gasteiger partial charge on any atom is 0.234 e. The lowest BCUT2D eigenvalue weighted by Crippen LogP contribution is -2.43. The number of hydrogen-bond donors (Lipinski definition) is 2. The summed E-state index contributed by atoms with van der Waals surface area (Å²) in [6, 6.07) is 2.13. The minimum absolute atomic E-state index is 0.0698. The highest BCUT2D eigenvalue weighted by atomic mass is 16.5. The summed E-state index contributed by atoms with van der Waals surface area (Å²) in [6.45, 7) is 3.57. The molecule has 1 aliphatic carbocycles. The predicted molar refractivity (Wildman–Crippen MR) is 100 cm³/mol. The first-order valence-electron chi connectivity index (χ1n) is 10.1. The molecule has 3 fully saturated rings. The van der Waals surface area contributed by atoms with Gasteiger partial charge in [-0.15, -0.1) is 0 Å². The number of amides is 2. The van der Waals surface area contributed by atoms with Crippen LogP contribution in [0.4, 0.5) is 5.82 Å². The van der Waals surface area contributed by atoms with Gasteiger partial charge in [-0.2, -0.15) is 5.10 Å². The highest BCUT2D eigenvalue weighted by Gasteiger charge is 2.31. The van der Waals surface area contributed by atoms with Gasteiger partial charge in [0, 0.05) is 38.2 Å². The van der Waals surface area contributed by atoms with Gasteiger partial charge in [-0.25, -0.2) is 4.68 Å². The molecule has 8 heteroatoms. The second kappa shape index (κ2) is 8.39. The fraction of sp³-hybridized carbons (Fsp3) is 0.737. The van der Waals surface area contributed by atoms with Gasteiger partial charge in [-0.1, -0.05) is 0 Å². The Kier molecular flexibility index (Phi) is 5.73. The molecule has 2 saturated heterocycles. The lowest BCUT2D eigenvalue weighted by atomic mass is 10.1. The smallest absolute Gasteiger partial charge is 0.234 e. The van der Waals surface area contributed by atoms with Crippen molar-refractivity contribution in [2.24, 2.45) is 5.92 Å². The van der Waals surface area contributed by atoms with Crippen LogP contribution in [-0.2, 0) is 14.3 Å². The number of likely N-dealkylation sites (tertiary alicyclic amines) is 1. The van der Waals surface area contributed by atoms with Crippen LogP contribution in [0.25, 0.3) is 0 Å². The normalized spacial score (nSPS) is 24.1. The molecule has 0 bridgehead atoms. The maximum atomic E-state index is 12.1. The first kappa shape index (κ1) is 18.4. The third kappa shape index (κ3) is 4.87. The molecule has 0 unspecified atom stereocenters. The van der Waals surface area contributed by atoms with Gasteiger partial charge < -0.3 is 15.4 Å². The molecule has 0 aromatic carbocycles. The van der Waals surface area contributed by atoms with E-state index in [1.165, 1.54) is 0 Å². The molecule has 148 valence electrons. The zero-order valence-corrected chi connectivity index (χ0v) is 15.7. The summed E-state index contributed by atoms with van der Waals surface area (Å²) in [6.07, 6.45) is 7.89. The third-order valence-electron chi connectivity index (χ3n) is 5.69. The van der Waals surface area contributed by atoms with Crippen molar-refractivity contribution in [1.29, 1.82) is 0 Å². The molecular weight excluding hydrogens is 346 g/mol. The molecule has 1 atom stereocenters. The molecule has 1 saturated carbocycles. The van der Waals surface area contributed by atoms with Crippen LogP contribution in [-0.4, -0.2) is 65.4 Å². The Morgan fingerprint density at radius 3 is 2.70 bits per heavy atom. The lowest BCUT2D eigenvalue weighted by Gasteiger charge is -2.32. The van der Waals surface area contributed by atoms with Gasteiger partial charge in [-0.05, 0) is 38.5 Å². The second-order valence-electron chi connectivity index (χ2n) is 7.87. The molecule has 8 nitrogen and oxygen atoms in total. The van der Waals surface area contributed by atoms with E-state index < -0.39 is 0 Å². The number of rotatable bonds is 7. The monoisotopic (exact) mass is 375 g/mol. The summed E-state index contributed by atoms with van der Waals surface area (Å²) in [5.41, 5.74) is 0. The standard InChI is InChI=1S/C19H29N5O3/c25-18(20-12-16-2-1-11-27-16)13-23-9-6-15(7-10-23)24-17(5-8-21-24)22-19(26)14-3-4-14/h5,8,14-16H,1-4,6-7,9-13H2,(H,20,25)(H,22,26)/t16-/m1/s1. The van der Waals surface area contributed by atoms with Gasteiger partial charge in [0.15, 0.2) is 0 Å². The van der Waals surface area contributed by atoms with E-state index in [0.717, 1.165) is 64.0 Å². The molecule has 2 aliphatic heterocycles. The lowest BCUT2D eigenvalue weighted by molar-refractivity contribution is -0.123. The van der Waals surface area contributed by atoms with Gasteiger partial charge in [0.05, 0.1) is 24.9 Å². The van der Waals surface area contributed by atoms with Gasteiger partial charge >= 0.3 is 0 Å². The number of hydrogen-bond acceptors (Lipinski definition) is 5. The minimum atomic E-state index is 0.0698. The first-order valence-corrected chi connectivity index (χ1v) is 10.1. The molecule has 1 aromatic heterocycles. The Balaban J connectivity index is 1.21. The van der Waals surface area contributed by atoms with Crippen LogP contribution < -0.4 is 10.6 Å². The predicted octanol–water partition coefficient (Wildman–Crippen LogP) is 1.16. The number of ether oxygens (including phenoxy) is 1. The number of piperidine rings is 1. The van der Waals surface area contributed by atoms with E-state index in [1.54, 1.807) is 6.20 Å². The van der Waals surface area contributed by atoms with Crippen LogP contribution in [0.15, 0.2) is 12.3 Å². The Morgan fingerprint density at radius 2 is 2.00 bits per heavy atom. The van der Waals surface area contributed by atoms with Crippen molar-refractivity contribution in [3.63, 3.8) is 0 Å². The van der Waals surface area contributed by atoms with Crippen LogP contribution in [0, 0.1) is 5.92 Å². The third-order valence-corrected chi connectivity index (χ3v) is 5.69. The topological polar surface area (TPSA) is 88.5 Å². The summed E-state index contributed by atoms with van der Waals surface area (Å²) in [5, 5.41) is 10.4. The minimum Gasteiger partial charge on any atom is -0.376 e. The van der Waals surface area contributed by atoms with Gasteiger partial charge in [-0.3, -0.25) is 14.5 Å². The van der Waals surface area contributed by atoms with E-state index >= 15 is 0 Å². The second-order valence-corrected chi connectivity index (χ2v) is 7.87. The van der Waals surface area contributed by atoms with Gasteiger partial charge in [0.25, 0.3) is 0 Å². The van der Waals surface area contributed by atoms with Crippen LogP contribution >= 0.6 is 0 Å². The molecule has 2 amide bonds. The van der Waals surface area contributed by atoms with E-state index in [0.29, 0.717) is 13.1 Å². The molecule has 3 aliphatic rings. The summed E-state index contributed by atoms with van der Waals surface area (Å²) < 4.78 is 7.48. The summed E-state index contributed by atoms with van der Waals surface area (Å²) in [4.78, 5) is 26.4. The van der Waals surface area contributed by atoms with Crippen molar-refractivity contribution >= 4 is 17.6 Å². The average molecular weight is 375 g/mol. The van der Waals surface area contributed by atoms with Crippen molar-refractivity contribution in [2.45, 2.75) is 50.7 Å². The van der Waals surface area contributed by atoms with Crippen molar-refractivity contribution in [3.05, 3.63) is 12.3 Å². The number of nitrogens with one attached hydrogen (secondary N) is 2. The van der Waals surface area contributed by atoms with E-state index in [2.05, 4.69) is 20.6 Å². The van der Waals surface area contributed by atoms with E-state index in [1.807, 2.05) is 10.7 Å². The van der Waals surface area contributed by atoms with Gasteiger partial charge in [0.2, 0.25) is 11.8 Å². The summed E-state index contributed by atoms with van der Waals surface area (Å²) >= 11 is 0. The van der Waals surface area contributed by atoms with E-state index in [9.17, 15) is 9.59 Å². The molecule has 0 spiro atoms. The summed E-state index contributed by atoms with van der Waals surface area (Å²) in [5.74, 6) is 1.15. The quantitative estimate of drug-likeness (QED) is 0.747. The van der Waals surface area contributed by atoms with Crippen LogP contribution in [0.2, 0.25) is 0 Å². The number of carbonyl (C=O) groups excluding carboxylic acids is 2. The highest BCUT2D eigenvalue weighted by molar-refractivity contribution is 5.93. The molecule has 2 N–H and O–H groups in total. The molecule has 27 heavy (non-hydrogen) atoms. The fourth-order valence-corrected chi connectivity index (χ4v) is 3.89. The summed E-state index contributed by atoms with van der Waals surface area (Å²) in [7, 11) is 0. The number of aromatic nitrogens is 2. The fourth-order valence-electron chi connectivity index (χ4n) is 3.89. The number of nitrogens with zero attached hydrogens (tertiary/aromatic N) is 3. The van der Waals surface area contributed by atoms with Crippen molar-refractivity contribution in [2.75, 3.05) is 38.1 Å². The average Bonchev–Trinajstić information content (AvgIpc) is 3.21. The van der Waals surface area contributed by atoms with Crippen molar-refractivity contribution in [1.82, 2.24) is 20.0 Å². The number of anilines is 1. The SMILES string of the molecule is O=C(CN1CCC(n2nccc2NC(=O)C2CC2)CC1)NC[C@H]1CCCO1. The Morgan fingerprint density at radius 1 is 1.19 bits per heavy atom. The van der Waals surface area contributed by atoms with Crippen molar-refractivity contribution < 1.29 is 14.3 Å². The molecule has 1 aromatic rings. The molecule has 4 rings (SSSR count). The number of carbonyl (C=O) groups is 2. The van der Waals surface area contributed by atoms with Crippen molar-refractivity contribution in [3.8, 4) is 0 Å². The Hall–Kier alpha value is -1.93. The van der Waals surface area contributed by atoms with Crippen LogP contribution in [0.5, 0.6) is 0 Å². The maximum absolute atomic E-state index is 12.1. The van der Waals surface area contributed by atoms with E-state index in [4.69, 9.17) is 4.74 Å². The zero-order chi connectivity index (χ0) is 18.6. The molecule has 3 heterocycles. The Bertz CT molecular complexity index is 658. The molecular formula is C19H29N5O3. The zero-order valence-electron chi connectivity index (χ0n) is 15.7. The van der Waals surface area contributed by atoms with Crippen LogP contribution in [0.3, 0.4) is 0 Å². The first-order chi connectivity index (χ1) is 13.2. The van der Waals surface area contributed by atoms with Crippen LogP contribution in [0.1, 0.15) is 44.6 Å².